The van der Waals surface area contributed by atoms with E-state index in [0.29, 0.717) is 18.9 Å². The first-order chi connectivity index (χ1) is 9.08. The van der Waals surface area contributed by atoms with Gasteiger partial charge in [-0.2, -0.15) is 4.99 Å². The number of aliphatic imine (C=N–C) groups is 1. The maximum atomic E-state index is 11.7. The lowest BCUT2D eigenvalue weighted by Gasteiger charge is -2.23. The number of nitrogens with two attached hydrogens (primary N) is 1. The van der Waals surface area contributed by atoms with Crippen LogP contribution in [0.25, 0.3) is 0 Å². The molecule has 0 saturated heterocycles. The second-order valence-electron chi connectivity index (χ2n) is 4.17. The summed E-state index contributed by atoms with van der Waals surface area (Å²) in [5, 5.41) is 9.68. The van der Waals surface area contributed by atoms with Crippen molar-refractivity contribution in [3.8, 4) is 11.5 Å². The molecule has 1 aliphatic rings. The molecule has 19 heavy (non-hydrogen) atoms. The average Bonchev–Trinajstić information content (AvgIpc) is 2.66. The Hall–Kier alpha value is -2.24. The SMILES string of the molecule is CCOc1cc(C2C(N)=NC(=O)N2CC)ccc1O. The lowest BCUT2D eigenvalue weighted by molar-refractivity contribution is 0.209. The zero-order chi connectivity index (χ0) is 14.0. The Morgan fingerprint density at radius 2 is 2.21 bits per heavy atom. The average molecular weight is 263 g/mol. The molecule has 3 N–H and O–H groups in total. The largest absolute Gasteiger partial charge is 0.504 e. The van der Waals surface area contributed by atoms with Gasteiger partial charge < -0.3 is 20.5 Å². The van der Waals surface area contributed by atoms with Crippen LogP contribution in [-0.4, -0.2) is 35.0 Å². The van der Waals surface area contributed by atoms with Gasteiger partial charge in [-0.3, -0.25) is 0 Å². The minimum absolute atomic E-state index is 0.0634. The number of phenolic OH excluding ortho intramolecular Hbond substituents is 1. The van der Waals surface area contributed by atoms with E-state index >= 15 is 0 Å². The summed E-state index contributed by atoms with van der Waals surface area (Å²) in [6.07, 6.45) is 0. The molecule has 1 aromatic rings. The number of carbonyl (C=O) groups excluding carboxylic acids is 1. The van der Waals surface area contributed by atoms with Crippen molar-refractivity contribution in [2.45, 2.75) is 19.9 Å². The summed E-state index contributed by atoms with van der Waals surface area (Å²) in [6, 6.07) is 4.21. The highest BCUT2D eigenvalue weighted by atomic mass is 16.5. The lowest BCUT2D eigenvalue weighted by Crippen LogP contribution is -2.33. The Labute approximate surface area is 111 Å². The Morgan fingerprint density at radius 1 is 1.47 bits per heavy atom. The lowest BCUT2D eigenvalue weighted by atomic mass is 10.0. The first kappa shape index (κ1) is 13.2. The number of phenols is 1. The van der Waals surface area contributed by atoms with Gasteiger partial charge in [0.05, 0.1) is 6.61 Å². The molecule has 102 valence electrons. The number of rotatable bonds is 4. The normalized spacial score (nSPS) is 18.6. The van der Waals surface area contributed by atoms with Gasteiger partial charge in [0, 0.05) is 6.54 Å². The molecule has 2 rings (SSSR count). The molecule has 0 saturated carbocycles. The van der Waals surface area contributed by atoms with E-state index in [-0.39, 0.29) is 17.6 Å². The molecular formula is C13H17N3O3. The Balaban J connectivity index is 2.38. The van der Waals surface area contributed by atoms with Gasteiger partial charge in [-0.25, -0.2) is 4.79 Å². The monoisotopic (exact) mass is 263 g/mol. The maximum Gasteiger partial charge on any atom is 0.346 e. The van der Waals surface area contributed by atoms with E-state index in [1.54, 1.807) is 17.0 Å². The standard InChI is InChI=1S/C13H17N3O3/c1-3-16-11(12(14)15-13(16)18)8-5-6-9(17)10(7-8)19-4-2/h5-7,11,17H,3-4H2,1-2H3,(H2,14,15,18). The van der Waals surface area contributed by atoms with Gasteiger partial charge in [0.25, 0.3) is 0 Å². The molecule has 1 aromatic carbocycles. The van der Waals surface area contributed by atoms with Gasteiger partial charge in [0.2, 0.25) is 0 Å². The van der Waals surface area contributed by atoms with Gasteiger partial charge in [-0.15, -0.1) is 0 Å². The van der Waals surface area contributed by atoms with Crippen LogP contribution in [0.4, 0.5) is 4.79 Å². The van der Waals surface area contributed by atoms with Gasteiger partial charge >= 0.3 is 6.03 Å². The first-order valence-corrected chi connectivity index (χ1v) is 6.18. The number of hydrogen-bond donors (Lipinski definition) is 2. The van der Waals surface area contributed by atoms with E-state index in [0.717, 1.165) is 5.56 Å². The van der Waals surface area contributed by atoms with Crippen molar-refractivity contribution in [3.63, 3.8) is 0 Å². The highest BCUT2D eigenvalue weighted by molar-refractivity contribution is 6.03. The number of urea groups is 1. The zero-order valence-corrected chi connectivity index (χ0v) is 11.0. The molecular weight excluding hydrogens is 246 g/mol. The molecule has 6 heteroatoms. The molecule has 6 nitrogen and oxygen atoms in total. The Morgan fingerprint density at radius 3 is 2.84 bits per heavy atom. The smallest absolute Gasteiger partial charge is 0.346 e. The molecule has 1 aliphatic heterocycles. The van der Waals surface area contributed by atoms with Gasteiger partial charge in [-0.05, 0) is 31.5 Å². The van der Waals surface area contributed by atoms with Crippen molar-refractivity contribution in [2.24, 2.45) is 10.7 Å². The summed E-state index contributed by atoms with van der Waals surface area (Å²) in [5.41, 5.74) is 6.59. The summed E-state index contributed by atoms with van der Waals surface area (Å²) in [5.74, 6) is 0.705. The summed E-state index contributed by atoms with van der Waals surface area (Å²) in [4.78, 5) is 17.0. The number of ether oxygens (including phenoxy) is 1. The highest BCUT2D eigenvalue weighted by Gasteiger charge is 2.33. The van der Waals surface area contributed by atoms with Crippen molar-refractivity contribution >= 4 is 11.9 Å². The molecule has 0 fully saturated rings. The zero-order valence-electron chi connectivity index (χ0n) is 11.0. The molecule has 0 radical (unpaired) electrons. The van der Waals surface area contributed by atoms with E-state index in [1.807, 2.05) is 13.8 Å². The van der Waals surface area contributed by atoms with Crippen molar-refractivity contribution in [1.29, 1.82) is 0 Å². The number of carbonyl (C=O) groups is 1. The molecule has 0 aromatic heterocycles. The van der Waals surface area contributed by atoms with E-state index in [4.69, 9.17) is 10.5 Å². The third-order valence-electron chi connectivity index (χ3n) is 3.00. The fraction of sp³-hybridized carbons (Fsp3) is 0.385. The van der Waals surface area contributed by atoms with Crippen LogP contribution >= 0.6 is 0 Å². The number of hydrogen-bond acceptors (Lipinski definition) is 4. The van der Waals surface area contributed by atoms with Crippen LogP contribution in [0.15, 0.2) is 23.2 Å². The van der Waals surface area contributed by atoms with E-state index in [2.05, 4.69) is 4.99 Å². The second-order valence-corrected chi connectivity index (χ2v) is 4.17. The predicted octanol–water partition coefficient (Wildman–Crippen LogP) is 1.64. The highest BCUT2D eigenvalue weighted by Crippen LogP contribution is 2.33. The fourth-order valence-electron chi connectivity index (χ4n) is 2.15. The predicted molar refractivity (Wildman–Crippen MR) is 71.4 cm³/mol. The minimum Gasteiger partial charge on any atom is -0.504 e. The molecule has 1 unspecified atom stereocenters. The second kappa shape index (κ2) is 5.17. The van der Waals surface area contributed by atoms with E-state index in [1.165, 1.54) is 6.07 Å². The van der Waals surface area contributed by atoms with Crippen LogP contribution in [-0.2, 0) is 0 Å². The summed E-state index contributed by atoms with van der Waals surface area (Å²) >= 11 is 0. The van der Waals surface area contributed by atoms with Gasteiger partial charge in [0.15, 0.2) is 11.5 Å². The fourth-order valence-corrected chi connectivity index (χ4v) is 2.15. The molecule has 0 spiro atoms. The van der Waals surface area contributed by atoms with Crippen LogP contribution in [0.5, 0.6) is 11.5 Å². The molecule has 2 amide bonds. The number of benzene rings is 1. The van der Waals surface area contributed by atoms with Crippen molar-refractivity contribution < 1.29 is 14.6 Å². The summed E-state index contributed by atoms with van der Waals surface area (Å²) in [6.45, 7) is 4.66. The summed E-state index contributed by atoms with van der Waals surface area (Å²) in [7, 11) is 0. The van der Waals surface area contributed by atoms with Gasteiger partial charge in [-0.1, -0.05) is 6.07 Å². The van der Waals surface area contributed by atoms with Crippen molar-refractivity contribution in [1.82, 2.24) is 4.90 Å². The third kappa shape index (κ3) is 2.33. The molecule has 0 bridgehead atoms. The third-order valence-corrected chi connectivity index (χ3v) is 3.00. The van der Waals surface area contributed by atoms with Crippen molar-refractivity contribution in [3.05, 3.63) is 23.8 Å². The van der Waals surface area contributed by atoms with Crippen LogP contribution < -0.4 is 10.5 Å². The van der Waals surface area contributed by atoms with Crippen LogP contribution in [0, 0.1) is 0 Å². The number of amides is 2. The Kier molecular flexibility index (Phi) is 3.59. The van der Waals surface area contributed by atoms with Crippen molar-refractivity contribution in [2.75, 3.05) is 13.2 Å². The van der Waals surface area contributed by atoms with Crippen LogP contribution in [0.3, 0.4) is 0 Å². The van der Waals surface area contributed by atoms with Crippen LogP contribution in [0.2, 0.25) is 0 Å². The number of likely N-dealkylation sites (N-methyl/N-ethyl adjacent to an activating group) is 1. The summed E-state index contributed by atoms with van der Waals surface area (Å²) < 4.78 is 5.33. The number of nitrogens with zero attached hydrogens (tertiary/aromatic N) is 2. The van der Waals surface area contributed by atoms with Crippen LogP contribution in [0.1, 0.15) is 25.5 Å². The molecule has 0 aliphatic carbocycles. The van der Waals surface area contributed by atoms with E-state index in [9.17, 15) is 9.90 Å². The molecule has 1 atom stereocenters. The number of amidine groups is 1. The van der Waals surface area contributed by atoms with E-state index < -0.39 is 6.04 Å². The molecule has 1 heterocycles. The number of aromatic hydroxyl groups is 1. The van der Waals surface area contributed by atoms with Gasteiger partial charge in [0.1, 0.15) is 11.9 Å². The topological polar surface area (TPSA) is 88.2 Å². The quantitative estimate of drug-likeness (QED) is 0.864. The minimum atomic E-state index is -0.391. The Bertz CT molecular complexity index is 528. The first-order valence-electron chi connectivity index (χ1n) is 6.18. The maximum absolute atomic E-state index is 11.7.